The van der Waals surface area contributed by atoms with Crippen LogP contribution in [0.15, 0.2) is 53.9 Å². The smallest absolute Gasteiger partial charge is 0.232 e. The van der Waals surface area contributed by atoms with Crippen molar-refractivity contribution in [3.05, 3.63) is 70.0 Å². The minimum absolute atomic E-state index is 0.0219. The Hall–Kier alpha value is -2.26. The molecule has 1 fully saturated rings. The van der Waals surface area contributed by atoms with Crippen LogP contribution in [0.3, 0.4) is 0 Å². The summed E-state index contributed by atoms with van der Waals surface area (Å²) in [5.74, 6) is 0. The molecule has 3 aromatic rings. The first kappa shape index (κ1) is 20.6. The number of morpholine rings is 1. The van der Waals surface area contributed by atoms with Crippen molar-refractivity contribution >= 4 is 27.0 Å². The average Bonchev–Trinajstić information content (AvgIpc) is 3.41. The molecule has 162 valence electrons. The summed E-state index contributed by atoms with van der Waals surface area (Å²) in [6.45, 7) is 3.88. The van der Waals surface area contributed by atoms with Gasteiger partial charge < -0.3 is 4.74 Å². The lowest BCUT2D eigenvalue weighted by molar-refractivity contribution is -0.0329. The van der Waals surface area contributed by atoms with Crippen LogP contribution in [0.5, 0.6) is 0 Å². The summed E-state index contributed by atoms with van der Waals surface area (Å²) in [6.07, 6.45) is 1.97. The first-order chi connectivity index (χ1) is 15.0. The summed E-state index contributed by atoms with van der Waals surface area (Å²) < 4.78 is 31.5. The Morgan fingerprint density at radius 3 is 2.81 bits per heavy atom. The zero-order valence-electron chi connectivity index (χ0n) is 17.4. The van der Waals surface area contributed by atoms with Crippen LogP contribution in [0.1, 0.15) is 22.2 Å². The molecule has 0 saturated carbocycles. The number of hydrogen-bond acceptors (Lipinski definition) is 6. The zero-order valence-corrected chi connectivity index (χ0v) is 19.0. The van der Waals surface area contributed by atoms with Crippen molar-refractivity contribution in [3.8, 4) is 11.3 Å². The largest absolute Gasteiger partial charge is 0.368 e. The Kier molecular flexibility index (Phi) is 5.56. The third-order valence-corrected chi connectivity index (χ3v) is 7.94. The Morgan fingerprint density at radius 1 is 1.16 bits per heavy atom. The molecule has 2 aliphatic heterocycles. The Bertz CT molecular complexity index is 1180. The van der Waals surface area contributed by atoms with Crippen LogP contribution in [0.4, 0.5) is 5.69 Å². The first-order valence-corrected chi connectivity index (χ1v) is 13.1. The monoisotopic (exact) mass is 455 g/mol. The number of fused-ring (bicyclic) bond motifs is 1. The highest BCUT2D eigenvalue weighted by Crippen LogP contribution is 2.35. The lowest BCUT2D eigenvalue weighted by atomic mass is 10.1. The second kappa shape index (κ2) is 8.35. The molecule has 6 nitrogen and oxygen atoms in total. The van der Waals surface area contributed by atoms with Crippen molar-refractivity contribution in [1.82, 2.24) is 9.88 Å². The number of ether oxygens (including phenoxy) is 1. The molecule has 1 unspecified atom stereocenters. The molecule has 0 amide bonds. The second-order valence-electron chi connectivity index (χ2n) is 8.08. The Morgan fingerprint density at radius 2 is 2.00 bits per heavy atom. The Balaban J connectivity index is 1.31. The van der Waals surface area contributed by atoms with E-state index >= 15 is 0 Å². The van der Waals surface area contributed by atoms with Gasteiger partial charge >= 0.3 is 0 Å². The molecule has 0 N–H and O–H groups in total. The summed E-state index contributed by atoms with van der Waals surface area (Å²) in [5.41, 5.74) is 5.09. The number of nitrogens with zero attached hydrogens (tertiary/aromatic N) is 3. The number of benzene rings is 2. The summed E-state index contributed by atoms with van der Waals surface area (Å²) in [5, 5.41) is 3.06. The maximum Gasteiger partial charge on any atom is 0.232 e. The predicted molar refractivity (Wildman–Crippen MR) is 124 cm³/mol. The molecule has 0 radical (unpaired) electrons. The van der Waals surface area contributed by atoms with Crippen molar-refractivity contribution in [1.29, 1.82) is 0 Å². The van der Waals surface area contributed by atoms with Crippen molar-refractivity contribution < 1.29 is 13.2 Å². The lowest BCUT2D eigenvalue weighted by Gasteiger charge is -2.32. The molecular formula is C23H25N3O3S2. The topological polar surface area (TPSA) is 62.7 Å². The molecular weight excluding hydrogens is 430 g/mol. The summed E-state index contributed by atoms with van der Waals surface area (Å²) >= 11 is 1.63. The fraction of sp³-hybridized carbons (Fsp3) is 0.348. The van der Waals surface area contributed by atoms with E-state index in [0.717, 1.165) is 53.6 Å². The summed E-state index contributed by atoms with van der Waals surface area (Å²) in [6, 6.07) is 16.4. The van der Waals surface area contributed by atoms with Gasteiger partial charge in [-0.15, -0.1) is 11.3 Å². The van der Waals surface area contributed by atoms with E-state index < -0.39 is 10.0 Å². The standard InChI is InChI=1S/C23H25N3O3S2/c1-31(27,28)26-10-9-19-13-18(7-8-21(19)26)20-16-30-23(24-20)22-15-25(11-12-29-22)14-17-5-3-2-4-6-17/h2-8,13,16,22H,9-12,14-15H2,1H3. The molecule has 2 aromatic carbocycles. The van der Waals surface area contributed by atoms with Gasteiger partial charge in [0, 0.05) is 37.1 Å². The molecule has 0 spiro atoms. The van der Waals surface area contributed by atoms with E-state index in [-0.39, 0.29) is 6.10 Å². The lowest BCUT2D eigenvalue weighted by Crippen LogP contribution is -2.37. The Labute approximate surface area is 187 Å². The fourth-order valence-electron chi connectivity index (χ4n) is 4.28. The molecule has 1 aromatic heterocycles. The number of hydrogen-bond donors (Lipinski definition) is 0. The quantitative estimate of drug-likeness (QED) is 0.587. The van der Waals surface area contributed by atoms with Gasteiger partial charge in [-0.3, -0.25) is 9.21 Å². The highest BCUT2D eigenvalue weighted by molar-refractivity contribution is 7.92. The third kappa shape index (κ3) is 4.39. The van der Waals surface area contributed by atoms with Crippen molar-refractivity contribution in [2.24, 2.45) is 0 Å². The molecule has 0 aliphatic carbocycles. The maximum atomic E-state index is 12.0. The van der Waals surface area contributed by atoms with Crippen LogP contribution in [0, 0.1) is 0 Å². The molecule has 1 atom stereocenters. The van der Waals surface area contributed by atoms with Gasteiger partial charge in [0.25, 0.3) is 0 Å². The van der Waals surface area contributed by atoms with Crippen LogP contribution in [0.2, 0.25) is 0 Å². The van der Waals surface area contributed by atoms with Gasteiger partial charge in [-0.25, -0.2) is 13.4 Å². The number of sulfonamides is 1. The molecule has 0 bridgehead atoms. The molecule has 3 heterocycles. The average molecular weight is 456 g/mol. The van der Waals surface area contributed by atoms with Crippen LogP contribution in [0.25, 0.3) is 11.3 Å². The highest BCUT2D eigenvalue weighted by atomic mass is 32.2. The number of anilines is 1. The summed E-state index contributed by atoms with van der Waals surface area (Å²) in [4.78, 5) is 7.29. The van der Waals surface area contributed by atoms with E-state index in [2.05, 4.69) is 40.6 Å². The third-order valence-electron chi connectivity index (χ3n) is 5.83. The van der Waals surface area contributed by atoms with Crippen molar-refractivity contribution in [3.63, 3.8) is 0 Å². The fourth-order valence-corrected chi connectivity index (χ4v) is 6.11. The minimum atomic E-state index is -3.23. The van der Waals surface area contributed by atoms with E-state index in [9.17, 15) is 8.42 Å². The van der Waals surface area contributed by atoms with E-state index in [1.807, 2.05) is 18.2 Å². The maximum absolute atomic E-state index is 12.0. The summed E-state index contributed by atoms with van der Waals surface area (Å²) in [7, 11) is -3.23. The van der Waals surface area contributed by atoms with Gasteiger partial charge in [-0.05, 0) is 29.7 Å². The van der Waals surface area contributed by atoms with Crippen molar-refractivity contribution in [2.45, 2.75) is 19.1 Å². The molecule has 31 heavy (non-hydrogen) atoms. The predicted octanol–water partition coefficient (Wildman–Crippen LogP) is 3.71. The number of rotatable bonds is 5. The van der Waals surface area contributed by atoms with E-state index in [1.165, 1.54) is 16.1 Å². The zero-order chi connectivity index (χ0) is 21.4. The van der Waals surface area contributed by atoms with Crippen LogP contribution in [-0.4, -0.2) is 50.8 Å². The number of thiazole rings is 1. The molecule has 8 heteroatoms. The second-order valence-corrected chi connectivity index (χ2v) is 10.9. The SMILES string of the molecule is CS(=O)(=O)N1CCc2cc(-c3csc(C4CN(Cc5ccccc5)CCO4)n3)ccc21. The normalized spacial score (nSPS) is 19.5. The highest BCUT2D eigenvalue weighted by Gasteiger charge is 2.27. The first-order valence-electron chi connectivity index (χ1n) is 10.4. The minimum Gasteiger partial charge on any atom is -0.368 e. The van der Waals surface area contributed by atoms with Gasteiger partial charge in [-0.2, -0.15) is 0 Å². The van der Waals surface area contributed by atoms with Crippen molar-refractivity contribution in [2.75, 3.05) is 36.8 Å². The molecule has 1 saturated heterocycles. The van der Waals surface area contributed by atoms with Gasteiger partial charge in [0.05, 0.1) is 24.2 Å². The molecule has 5 rings (SSSR count). The van der Waals surface area contributed by atoms with Crippen LogP contribution < -0.4 is 4.31 Å². The van der Waals surface area contributed by atoms with Gasteiger partial charge in [-0.1, -0.05) is 36.4 Å². The van der Waals surface area contributed by atoms with E-state index in [0.29, 0.717) is 13.2 Å². The van der Waals surface area contributed by atoms with Gasteiger partial charge in [0.2, 0.25) is 10.0 Å². The molecule has 2 aliphatic rings. The van der Waals surface area contributed by atoms with Crippen LogP contribution in [-0.2, 0) is 27.7 Å². The van der Waals surface area contributed by atoms with Gasteiger partial charge in [0.1, 0.15) is 11.1 Å². The number of aromatic nitrogens is 1. The van der Waals surface area contributed by atoms with Gasteiger partial charge in [0.15, 0.2) is 0 Å². The van der Waals surface area contributed by atoms with E-state index in [4.69, 9.17) is 9.72 Å². The van der Waals surface area contributed by atoms with Crippen LogP contribution >= 0.6 is 11.3 Å². The van der Waals surface area contributed by atoms with E-state index in [1.54, 1.807) is 11.3 Å².